The fraction of sp³-hybridized carbons (Fsp3) is 0.444. The Kier molecular flexibility index (Phi) is 2.61. The number of carbonyl (C=O) groups excluding carboxylic acids is 1. The van der Waals surface area contributed by atoms with Gasteiger partial charge in [0.25, 0.3) is 11.7 Å². The van der Waals surface area contributed by atoms with Crippen molar-refractivity contribution in [3.8, 4) is 0 Å². The Bertz CT molecular complexity index is 336. The highest BCUT2D eigenvalue weighted by molar-refractivity contribution is 7.80. The van der Waals surface area contributed by atoms with Crippen molar-refractivity contribution in [2.45, 2.75) is 26.2 Å². The van der Waals surface area contributed by atoms with Crippen LogP contribution in [0.5, 0.6) is 0 Å². The Balaban J connectivity index is 3.00. The van der Waals surface area contributed by atoms with Crippen LogP contribution in [-0.4, -0.2) is 16.1 Å². The number of nitrogens with zero attached hydrogens (tertiary/aromatic N) is 1. The maximum absolute atomic E-state index is 11.0. The van der Waals surface area contributed by atoms with Gasteiger partial charge >= 0.3 is 0 Å². The van der Waals surface area contributed by atoms with Gasteiger partial charge in [0.1, 0.15) is 5.76 Å². The molecule has 70 valence electrons. The molecular formula is C9H11NO2S. The normalized spacial score (nSPS) is 11.3. The van der Waals surface area contributed by atoms with E-state index in [1.165, 1.54) is 0 Å². The minimum atomic E-state index is -0.356. The molecule has 0 bridgehead atoms. The average Bonchev–Trinajstić information content (AvgIpc) is 2.50. The number of hydrogen-bond donors (Lipinski definition) is 0. The van der Waals surface area contributed by atoms with Crippen LogP contribution in [0.1, 0.15) is 37.2 Å². The third-order valence-corrected chi connectivity index (χ3v) is 1.78. The lowest BCUT2D eigenvalue weighted by molar-refractivity contribution is 0.103. The molecule has 0 atom stereocenters. The van der Waals surface area contributed by atoms with Gasteiger partial charge in [-0.1, -0.05) is 33.0 Å². The molecule has 0 amide bonds. The van der Waals surface area contributed by atoms with Crippen LogP contribution >= 0.6 is 12.2 Å². The zero-order valence-electron chi connectivity index (χ0n) is 7.83. The van der Waals surface area contributed by atoms with Crippen molar-refractivity contribution in [2.24, 2.45) is 0 Å². The Morgan fingerprint density at radius 3 is 2.62 bits per heavy atom. The van der Waals surface area contributed by atoms with Crippen LogP contribution in [0, 0.1) is 0 Å². The van der Waals surface area contributed by atoms with E-state index in [4.69, 9.17) is 4.42 Å². The molecule has 0 unspecified atom stereocenters. The smallest absolute Gasteiger partial charge is 0.268 e. The summed E-state index contributed by atoms with van der Waals surface area (Å²) in [7, 11) is 0. The van der Waals surface area contributed by atoms with Crippen LogP contribution in [0.4, 0.5) is 0 Å². The lowest BCUT2D eigenvalue weighted by Gasteiger charge is -2.12. The van der Waals surface area contributed by atoms with Crippen LogP contribution in [0.15, 0.2) is 10.6 Å². The molecule has 0 aliphatic carbocycles. The lowest BCUT2D eigenvalue weighted by atomic mass is 9.94. The standard InChI is InChI=1S/C9H11NO2S/c1-9(2,3)7-4-10-8(12-7)6(11)5-13/h4-5H,1-3H3. The lowest BCUT2D eigenvalue weighted by Crippen LogP contribution is -2.09. The summed E-state index contributed by atoms with van der Waals surface area (Å²) in [5.74, 6) is 0.401. The molecule has 0 aromatic carbocycles. The second kappa shape index (κ2) is 3.38. The van der Waals surface area contributed by atoms with Gasteiger partial charge in [0.15, 0.2) is 0 Å². The Labute approximate surface area is 82.2 Å². The predicted molar refractivity (Wildman–Crippen MR) is 53.2 cm³/mol. The molecule has 3 nitrogen and oxygen atoms in total. The Morgan fingerprint density at radius 1 is 1.62 bits per heavy atom. The SMILES string of the molecule is CC(C)(C)c1cnc(C(=O)C=S)o1. The van der Waals surface area contributed by atoms with E-state index < -0.39 is 0 Å². The molecular weight excluding hydrogens is 186 g/mol. The summed E-state index contributed by atoms with van der Waals surface area (Å²) in [6.45, 7) is 5.96. The van der Waals surface area contributed by atoms with Crippen LogP contribution in [0.3, 0.4) is 0 Å². The van der Waals surface area contributed by atoms with Crippen molar-refractivity contribution >= 4 is 23.4 Å². The molecule has 1 aromatic rings. The van der Waals surface area contributed by atoms with Gasteiger partial charge in [-0.15, -0.1) is 0 Å². The van der Waals surface area contributed by atoms with E-state index in [0.717, 1.165) is 5.37 Å². The maximum Gasteiger partial charge on any atom is 0.268 e. The highest BCUT2D eigenvalue weighted by atomic mass is 32.1. The van der Waals surface area contributed by atoms with E-state index in [1.54, 1.807) is 6.20 Å². The number of Topliss-reactive ketones (excluding diaryl/α,β-unsaturated/α-hetero) is 1. The summed E-state index contributed by atoms with van der Waals surface area (Å²) in [6, 6.07) is 0. The van der Waals surface area contributed by atoms with Crippen LogP contribution < -0.4 is 0 Å². The molecule has 4 heteroatoms. The first kappa shape index (κ1) is 10.1. The molecule has 0 fully saturated rings. The summed E-state index contributed by atoms with van der Waals surface area (Å²) >= 11 is 4.48. The molecule has 0 radical (unpaired) electrons. The highest BCUT2D eigenvalue weighted by Crippen LogP contribution is 2.22. The van der Waals surface area contributed by atoms with E-state index in [-0.39, 0.29) is 17.1 Å². The number of aromatic nitrogens is 1. The van der Waals surface area contributed by atoms with E-state index >= 15 is 0 Å². The first-order valence-corrected chi connectivity index (χ1v) is 4.38. The van der Waals surface area contributed by atoms with Gasteiger partial charge in [-0.3, -0.25) is 4.79 Å². The fourth-order valence-electron chi connectivity index (χ4n) is 0.785. The molecule has 0 aliphatic rings. The van der Waals surface area contributed by atoms with Crippen molar-refractivity contribution in [1.29, 1.82) is 0 Å². The molecule has 1 rings (SSSR count). The zero-order valence-corrected chi connectivity index (χ0v) is 8.64. The first-order valence-electron chi connectivity index (χ1n) is 3.91. The molecule has 1 heterocycles. The van der Waals surface area contributed by atoms with Gasteiger partial charge in [-0.05, 0) is 0 Å². The first-order chi connectivity index (χ1) is 5.95. The topological polar surface area (TPSA) is 43.1 Å². The molecule has 0 aliphatic heterocycles. The average molecular weight is 197 g/mol. The molecule has 0 saturated heterocycles. The minimum absolute atomic E-state index is 0.0694. The Morgan fingerprint density at radius 2 is 2.23 bits per heavy atom. The van der Waals surface area contributed by atoms with Crippen molar-refractivity contribution in [3.05, 3.63) is 17.8 Å². The summed E-state index contributed by atoms with van der Waals surface area (Å²) in [5.41, 5.74) is -0.132. The number of thiocarbonyl (C=S) groups is 1. The fourth-order valence-corrected chi connectivity index (χ4v) is 0.886. The van der Waals surface area contributed by atoms with Crippen molar-refractivity contribution < 1.29 is 9.21 Å². The van der Waals surface area contributed by atoms with Gasteiger partial charge in [-0.2, -0.15) is 0 Å². The number of hydrogen-bond acceptors (Lipinski definition) is 4. The summed E-state index contributed by atoms with van der Waals surface area (Å²) < 4.78 is 5.24. The summed E-state index contributed by atoms with van der Waals surface area (Å²) in [6.07, 6.45) is 1.56. The van der Waals surface area contributed by atoms with E-state index in [2.05, 4.69) is 17.2 Å². The van der Waals surface area contributed by atoms with E-state index in [9.17, 15) is 4.79 Å². The third kappa shape index (κ3) is 2.21. The van der Waals surface area contributed by atoms with Crippen LogP contribution in [0.25, 0.3) is 0 Å². The molecule has 0 N–H and O–H groups in total. The number of carbonyl (C=O) groups is 1. The Hall–Kier alpha value is -1.03. The van der Waals surface area contributed by atoms with Crippen LogP contribution in [-0.2, 0) is 5.41 Å². The summed E-state index contributed by atoms with van der Waals surface area (Å²) in [4.78, 5) is 14.9. The second-order valence-electron chi connectivity index (χ2n) is 3.76. The number of oxazole rings is 1. The molecule has 0 saturated carbocycles. The van der Waals surface area contributed by atoms with Crippen molar-refractivity contribution in [3.63, 3.8) is 0 Å². The van der Waals surface area contributed by atoms with Gasteiger partial charge in [0, 0.05) is 5.41 Å². The summed E-state index contributed by atoms with van der Waals surface area (Å²) in [5, 5.41) is 1.03. The van der Waals surface area contributed by atoms with E-state index in [1.807, 2.05) is 20.8 Å². The zero-order chi connectivity index (χ0) is 10.1. The molecule has 0 spiro atoms. The largest absolute Gasteiger partial charge is 0.438 e. The number of ketones is 1. The highest BCUT2D eigenvalue weighted by Gasteiger charge is 2.20. The second-order valence-corrected chi connectivity index (χ2v) is 4.00. The number of rotatable bonds is 2. The van der Waals surface area contributed by atoms with Gasteiger partial charge < -0.3 is 4.42 Å². The van der Waals surface area contributed by atoms with Crippen molar-refractivity contribution in [2.75, 3.05) is 0 Å². The minimum Gasteiger partial charge on any atom is -0.438 e. The maximum atomic E-state index is 11.0. The monoisotopic (exact) mass is 197 g/mol. The van der Waals surface area contributed by atoms with Crippen LogP contribution in [0.2, 0.25) is 0 Å². The quantitative estimate of drug-likeness (QED) is 0.538. The molecule has 1 aromatic heterocycles. The van der Waals surface area contributed by atoms with Gasteiger partial charge in [0.2, 0.25) is 0 Å². The van der Waals surface area contributed by atoms with E-state index in [0.29, 0.717) is 5.76 Å². The van der Waals surface area contributed by atoms with Gasteiger partial charge in [0.05, 0.1) is 11.6 Å². The predicted octanol–water partition coefficient (Wildman–Crippen LogP) is 2.15. The third-order valence-electron chi connectivity index (χ3n) is 1.56. The van der Waals surface area contributed by atoms with Gasteiger partial charge in [-0.25, -0.2) is 4.98 Å². The molecule has 13 heavy (non-hydrogen) atoms. The van der Waals surface area contributed by atoms with Crippen molar-refractivity contribution in [1.82, 2.24) is 4.98 Å².